The highest BCUT2D eigenvalue weighted by Crippen LogP contribution is 2.22. The van der Waals surface area contributed by atoms with Crippen LogP contribution in [0.4, 0.5) is 0 Å². The van der Waals surface area contributed by atoms with Crippen molar-refractivity contribution in [3.63, 3.8) is 0 Å². The summed E-state index contributed by atoms with van der Waals surface area (Å²) >= 11 is 1.51. The van der Waals surface area contributed by atoms with Crippen LogP contribution in [0.2, 0.25) is 0 Å². The number of aromatic nitrogens is 2. The van der Waals surface area contributed by atoms with Gasteiger partial charge in [-0.3, -0.25) is 14.4 Å². The number of amides is 1. The van der Waals surface area contributed by atoms with Gasteiger partial charge in [0, 0.05) is 56.6 Å². The van der Waals surface area contributed by atoms with Crippen LogP contribution in [0.5, 0.6) is 5.75 Å². The van der Waals surface area contributed by atoms with Gasteiger partial charge in [-0.15, -0.1) is 11.3 Å². The largest absolute Gasteiger partial charge is 0.489 e. The van der Waals surface area contributed by atoms with Crippen LogP contribution in [0, 0.1) is 20.8 Å². The van der Waals surface area contributed by atoms with Crippen molar-refractivity contribution in [1.82, 2.24) is 19.6 Å². The molecule has 1 saturated heterocycles. The molecule has 3 aromatic rings. The molecule has 1 aliphatic heterocycles. The van der Waals surface area contributed by atoms with Crippen LogP contribution < -0.4 is 4.74 Å². The first-order chi connectivity index (χ1) is 15.4. The Bertz CT molecular complexity index is 1080. The lowest BCUT2D eigenvalue weighted by molar-refractivity contribution is 0.0633. The zero-order chi connectivity index (χ0) is 22.7. The van der Waals surface area contributed by atoms with E-state index in [1.165, 1.54) is 28.0 Å². The van der Waals surface area contributed by atoms with E-state index in [4.69, 9.17) is 4.74 Å². The summed E-state index contributed by atoms with van der Waals surface area (Å²) in [5.74, 6) is 0.991. The number of piperazine rings is 1. The summed E-state index contributed by atoms with van der Waals surface area (Å²) in [7, 11) is 0. The molecule has 1 amide bonds. The Hall–Kier alpha value is -2.64. The summed E-state index contributed by atoms with van der Waals surface area (Å²) in [6.07, 6.45) is 2.14. The number of hydrogen-bond acceptors (Lipinski definition) is 5. The van der Waals surface area contributed by atoms with Gasteiger partial charge >= 0.3 is 0 Å². The van der Waals surface area contributed by atoms with Crippen molar-refractivity contribution in [1.29, 1.82) is 0 Å². The lowest BCUT2D eigenvalue weighted by Gasteiger charge is -2.34. The summed E-state index contributed by atoms with van der Waals surface area (Å²) in [4.78, 5) is 18.2. The molecular formula is C25H32N4O2S. The molecule has 0 radical (unpaired) electrons. The van der Waals surface area contributed by atoms with Crippen molar-refractivity contribution in [2.24, 2.45) is 0 Å². The van der Waals surface area contributed by atoms with Gasteiger partial charge in [0.1, 0.15) is 12.4 Å². The van der Waals surface area contributed by atoms with Gasteiger partial charge in [0.2, 0.25) is 0 Å². The van der Waals surface area contributed by atoms with E-state index in [1.54, 1.807) is 0 Å². The van der Waals surface area contributed by atoms with Crippen LogP contribution in [-0.2, 0) is 19.7 Å². The lowest BCUT2D eigenvalue weighted by atomic mass is 10.1. The second kappa shape index (κ2) is 9.88. The molecule has 0 unspecified atom stereocenters. The third-order valence-electron chi connectivity index (χ3n) is 6.17. The minimum atomic E-state index is 0.127. The van der Waals surface area contributed by atoms with Crippen LogP contribution in [0.1, 0.15) is 44.5 Å². The van der Waals surface area contributed by atoms with Crippen molar-refractivity contribution in [3.8, 4) is 5.75 Å². The number of aryl methyl sites for hydroxylation is 4. The van der Waals surface area contributed by atoms with E-state index in [-0.39, 0.29) is 5.91 Å². The summed E-state index contributed by atoms with van der Waals surface area (Å²) in [5.41, 5.74) is 5.89. The van der Waals surface area contributed by atoms with Crippen LogP contribution in [0.15, 0.2) is 35.8 Å². The minimum Gasteiger partial charge on any atom is -0.489 e. The fourth-order valence-corrected chi connectivity index (χ4v) is 4.78. The zero-order valence-electron chi connectivity index (χ0n) is 19.4. The van der Waals surface area contributed by atoms with Crippen LogP contribution in [0.3, 0.4) is 0 Å². The van der Waals surface area contributed by atoms with Crippen LogP contribution >= 0.6 is 11.3 Å². The maximum atomic E-state index is 13.0. The van der Waals surface area contributed by atoms with Gasteiger partial charge in [0.05, 0.1) is 10.6 Å². The number of nitrogens with zero attached hydrogens (tertiary/aromatic N) is 4. The Labute approximate surface area is 194 Å². The number of carbonyl (C=O) groups excluding carboxylic acids is 1. The summed E-state index contributed by atoms with van der Waals surface area (Å²) < 4.78 is 7.91. The Balaban J connectivity index is 1.28. The second-order valence-electron chi connectivity index (χ2n) is 8.52. The third kappa shape index (κ3) is 5.22. The molecule has 0 atom stereocenters. The highest BCUT2D eigenvalue weighted by Gasteiger charge is 2.24. The van der Waals surface area contributed by atoms with E-state index in [0.717, 1.165) is 61.2 Å². The van der Waals surface area contributed by atoms with Gasteiger partial charge < -0.3 is 9.64 Å². The van der Waals surface area contributed by atoms with E-state index in [1.807, 2.05) is 27.1 Å². The second-order valence-corrected chi connectivity index (χ2v) is 9.43. The Morgan fingerprint density at radius 1 is 1.09 bits per heavy atom. The molecule has 0 spiro atoms. The average Bonchev–Trinajstić information content (AvgIpc) is 3.41. The zero-order valence-corrected chi connectivity index (χ0v) is 20.2. The molecular weight excluding hydrogens is 420 g/mol. The van der Waals surface area contributed by atoms with E-state index in [9.17, 15) is 4.79 Å². The maximum absolute atomic E-state index is 13.0. The van der Waals surface area contributed by atoms with Crippen LogP contribution in [-0.4, -0.2) is 51.7 Å². The quantitative estimate of drug-likeness (QED) is 0.532. The smallest absolute Gasteiger partial charge is 0.264 e. The van der Waals surface area contributed by atoms with E-state index < -0.39 is 0 Å². The lowest BCUT2D eigenvalue weighted by Crippen LogP contribution is -2.48. The van der Waals surface area contributed by atoms with Gasteiger partial charge in [-0.05, 0) is 62.4 Å². The number of hydrogen-bond donors (Lipinski definition) is 0. The first kappa shape index (κ1) is 22.6. The topological polar surface area (TPSA) is 50.6 Å². The summed E-state index contributed by atoms with van der Waals surface area (Å²) in [5, 5.41) is 6.57. The number of rotatable bonds is 7. The number of carbonyl (C=O) groups is 1. The van der Waals surface area contributed by atoms with E-state index in [0.29, 0.717) is 6.61 Å². The molecule has 4 rings (SSSR count). The fraction of sp³-hybridized carbons (Fsp3) is 0.440. The average molecular weight is 453 g/mol. The minimum absolute atomic E-state index is 0.127. The molecule has 3 heterocycles. The van der Waals surface area contributed by atoms with Gasteiger partial charge in [-0.1, -0.05) is 6.07 Å². The molecule has 170 valence electrons. The first-order valence-electron chi connectivity index (χ1n) is 11.2. The van der Waals surface area contributed by atoms with Crippen molar-refractivity contribution in [2.45, 2.75) is 47.4 Å². The Morgan fingerprint density at radius 2 is 1.88 bits per heavy atom. The number of benzene rings is 1. The first-order valence-corrected chi connectivity index (χ1v) is 12.1. The maximum Gasteiger partial charge on any atom is 0.264 e. The molecule has 1 aromatic carbocycles. The molecule has 0 saturated carbocycles. The predicted octanol–water partition coefficient (Wildman–Crippen LogP) is 4.43. The van der Waals surface area contributed by atoms with Crippen molar-refractivity contribution >= 4 is 17.2 Å². The fourth-order valence-electron chi connectivity index (χ4n) is 3.92. The SMILES string of the molecule is CCn1cc(CN2CCN(C(=O)c3cc(COc4ccc(C)c(C)c4)cs3)CC2)c(C)n1. The van der Waals surface area contributed by atoms with Gasteiger partial charge in [0.15, 0.2) is 0 Å². The third-order valence-corrected chi connectivity index (χ3v) is 7.14. The molecule has 32 heavy (non-hydrogen) atoms. The van der Waals surface area contributed by atoms with Crippen LogP contribution in [0.25, 0.3) is 0 Å². The van der Waals surface area contributed by atoms with Gasteiger partial charge in [-0.25, -0.2) is 0 Å². The molecule has 0 N–H and O–H groups in total. The van der Waals surface area contributed by atoms with Gasteiger partial charge in [-0.2, -0.15) is 5.10 Å². The molecule has 6 nitrogen and oxygen atoms in total. The van der Waals surface area contributed by atoms with Gasteiger partial charge in [0.25, 0.3) is 5.91 Å². The van der Waals surface area contributed by atoms with E-state index in [2.05, 4.69) is 56.0 Å². The standard InChI is InChI=1S/C25H32N4O2S/c1-5-29-15-22(20(4)26-29)14-27-8-10-28(11-9-27)25(30)24-13-21(17-32-24)16-31-23-7-6-18(2)19(3)12-23/h6-7,12-13,15,17H,5,8-11,14,16H2,1-4H3. The Morgan fingerprint density at radius 3 is 2.56 bits per heavy atom. The van der Waals surface area contributed by atoms with Crippen molar-refractivity contribution < 1.29 is 9.53 Å². The molecule has 0 aliphatic carbocycles. The monoisotopic (exact) mass is 452 g/mol. The van der Waals surface area contributed by atoms with E-state index >= 15 is 0 Å². The number of thiophene rings is 1. The molecule has 1 fully saturated rings. The highest BCUT2D eigenvalue weighted by atomic mass is 32.1. The summed E-state index contributed by atoms with van der Waals surface area (Å²) in [6, 6.07) is 8.10. The highest BCUT2D eigenvalue weighted by molar-refractivity contribution is 7.12. The molecule has 7 heteroatoms. The number of ether oxygens (including phenoxy) is 1. The normalized spacial score (nSPS) is 14.7. The predicted molar refractivity (Wildman–Crippen MR) is 128 cm³/mol. The molecule has 1 aliphatic rings. The molecule has 2 aromatic heterocycles. The molecule has 0 bridgehead atoms. The Kier molecular flexibility index (Phi) is 6.96. The van der Waals surface area contributed by atoms with Crippen molar-refractivity contribution in [2.75, 3.05) is 26.2 Å². The summed E-state index contributed by atoms with van der Waals surface area (Å²) in [6.45, 7) is 13.9. The van der Waals surface area contributed by atoms with Crippen molar-refractivity contribution in [3.05, 3.63) is 68.7 Å².